The molecule has 0 amide bonds. The summed E-state index contributed by atoms with van der Waals surface area (Å²) in [6.07, 6.45) is 5.49. The number of aliphatic hydroxyl groups excluding tert-OH is 1. The summed E-state index contributed by atoms with van der Waals surface area (Å²) >= 11 is 0. The van der Waals surface area contributed by atoms with Gasteiger partial charge >= 0.3 is 0 Å². The number of furan rings is 1. The maximum Gasteiger partial charge on any atom is 0.139 e. The Kier molecular flexibility index (Phi) is 2.14. The molecule has 2 aliphatic rings. The van der Waals surface area contributed by atoms with E-state index in [4.69, 9.17) is 4.42 Å². The Hall–Kier alpha value is -1.55. The van der Waals surface area contributed by atoms with Gasteiger partial charge in [-0.25, -0.2) is 4.98 Å². The van der Waals surface area contributed by atoms with Crippen molar-refractivity contribution in [3.8, 4) is 0 Å². The van der Waals surface area contributed by atoms with Crippen LogP contribution in [0.15, 0.2) is 29.0 Å². The van der Waals surface area contributed by atoms with E-state index in [0.29, 0.717) is 11.8 Å². The summed E-state index contributed by atoms with van der Waals surface area (Å²) in [5.41, 5.74) is 0.887. The van der Waals surface area contributed by atoms with Crippen LogP contribution in [0.3, 0.4) is 0 Å². The summed E-state index contributed by atoms with van der Waals surface area (Å²) in [5.74, 6) is 2.06. The predicted molar refractivity (Wildman–Crippen MR) is 68.4 cm³/mol. The van der Waals surface area contributed by atoms with Gasteiger partial charge in [-0.15, -0.1) is 0 Å². The topological polar surface area (TPSA) is 49.5 Å². The smallest absolute Gasteiger partial charge is 0.139 e. The number of aromatic nitrogens is 1. The Morgan fingerprint density at radius 3 is 3.11 bits per heavy atom. The summed E-state index contributed by atoms with van der Waals surface area (Å²) < 4.78 is 5.42. The lowest BCUT2D eigenvalue weighted by Crippen LogP contribution is -2.25. The summed E-state index contributed by atoms with van der Waals surface area (Å²) in [7, 11) is 0. The predicted octanol–water partition coefficient (Wildman–Crippen LogP) is 2.03. The first kappa shape index (κ1) is 10.4. The van der Waals surface area contributed by atoms with Gasteiger partial charge in [0, 0.05) is 25.2 Å². The van der Waals surface area contributed by atoms with E-state index in [0.717, 1.165) is 42.7 Å². The van der Waals surface area contributed by atoms with E-state index < -0.39 is 0 Å². The Labute approximate surface area is 105 Å². The molecule has 1 saturated carbocycles. The first-order chi connectivity index (χ1) is 8.83. The third kappa shape index (κ3) is 1.38. The minimum atomic E-state index is -0.122. The standard InChI is InChI=1S/C14H16N2O2/c17-12-2-1-9-7-16(8-11(9)12)14-10-4-6-18-13(10)3-5-15-14/h3-6,9,11-12,17H,1-2,7-8H2. The second kappa shape index (κ2) is 3.72. The van der Waals surface area contributed by atoms with Crippen LogP contribution in [0.1, 0.15) is 12.8 Å². The second-order valence-electron chi connectivity index (χ2n) is 5.44. The third-order valence-electron chi connectivity index (χ3n) is 4.48. The van der Waals surface area contributed by atoms with Crippen LogP contribution < -0.4 is 4.90 Å². The van der Waals surface area contributed by atoms with Crippen molar-refractivity contribution in [1.82, 2.24) is 4.98 Å². The van der Waals surface area contributed by atoms with E-state index in [1.165, 1.54) is 0 Å². The summed E-state index contributed by atoms with van der Waals surface area (Å²) in [4.78, 5) is 6.80. The Bertz CT molecular complexity index is 580. The zero-order valence-electron chi connectivity index (χ0n) is 10.1. The molecule has 0 aromatic carbocycles. The van der Waals surface area contributed by atoms with Crippen molar-refractivity contribution in [2.75, 3.05) is 18.0 Å². The third-order valence-corrected chi connectivity index (χ3v) is 4.48. The molecule has 0 bridgehead atoms. The highest BCUT2D eigenvalue weighted by Crippen LogP contribution is 2.40. The van der Waals surface area contributed by atoms with Gasteiger partial charge in [0.15, 0.2) is 0 Å². The zero-order chi connectivity index (χ0) is 12.1. The highest BCUT2D eigenvalue weighted by Gasteiger charge is 2.42. The lowest BCUT2D eigenvalue weighted by Gasteiger charge is -2.19. The molecule has 4 nitrogen and oxygen atoms in total. The number of nitrogens with zero attached hydrogens (tertiary/aromatic N) is 2. The number of hydrogen-bond donors (Lipinski definition) is 1. The fourth-order valence-electron chi connectivity index (χ4n) is 3.54. The molecule has 3 unspecified atom stereocenters. The largest absolute Gasteiger partial charge is 0.464 e. The van der Waals surface area contributed by atoms with Crippen LogP contribution in [0, 0.1) is 11.8 Å². The Balaban J connectivity index is 1.70. The molecular weight excluding hydrogens is 228 g/mol. The lowest BCUT2D eigenvalue weighted by atomic mass is 10.00. The Morgan fingerprint density at radius 2 is 2.22 bits per heavy atom. The minimum absolute atomic E-state index is 0.122. The highest BCUT2D eigenvalue weighted by atomic mass is 16.3. The van der Waals surface area contributed by atoms with Crippen molar-refractivity contribution in [3.63, 3.8) is 0 Å². The zero-order valence-corrected chi connectivity index (χ0v) is 10.1. The normalized spacial score (nSPS) is 31.2. The molecule has 94 valence electrons. The molecule has 4 rings (SSSR count). The average Bonchev–Trinajstić information content (AvgIpc) is 3.06. The van der Waals surface area contributed by atoms with E-state index in [9.17, 15) is 5.11 Å². The van der Waals surface area contributed by atoms with Crippen molar-refractivity contribution in [3.05, 3.63) is 24.6 Å². The number of fused-ring (bicyclic) bond motifs is 2. The molecule has 4 heteroatoms. The van der Waals surface area contributed by atoms with E-state index in [-0.39, 0.29) is 6.10 Å². The molecule has 3 heterocycles. The van der Waals surface area contributed by atoms with E-state index >= 15 is 0 Å². The maximum absolute atomic E-state index is 9.97. The molecule has 1 aliphatic heterocycles. The molecule has 0 spiro atoms. The number of rotatable bonds is 1. The molecule has 1 aliphatic carbocycles. The van der Waals surface area contributed by atoms with Gasteiger partial charge in [-0.3, -0.25) is 0 Å². The highest BCUT2D eigenvalue weighted by molar-refractivity contribution is 5.88. The van der Waals surface area contributed by atoms with Crippen LogP contribution in [-0.4, -0.2) is 29.3 Å². The van der Waals surface area contributed by atoms with Crippen molar-refractivity contribution in [1.29, 1.82) is 0 Å². The molecule has 1 saturated heterocycles. The van der Waals surface area contributed by atoms with E-state index in [2.05, 4.69) is 9.88 Å². The van der Waals surface area contributed by atoms with Gasteiger partial charge in [-0.2, -0.15) is 0 Å². The monoisotopic (exact) mass is 244 g/mol. The average molecular weight is 244 g/mol. The number of aliphatic hydroxyl groups is 1. The molecular formula is C14H16N2O2. The van der Waals surface area contributed by atoms with Gasteiger partial charge in [-0.05, 0) is 30.9 Å². The van der Waals surface area contributed by atoms with Crippen molar-refractivity contribution < 1.29 is 9.52 Å². The van der Waals surface area contributed by atoms with E-state index in [1.807, 2.05) is 12.1 Å². The first-order valence-electron chi connectivity index (χ1n) is 6.58. The van der Waals surface area contributed by atoms with Crippen molar-refractivity contribution in [2.45, 2.75) is 18.9 Å². The second-order valence-corrected chi connectivity index (χ2v) is 5.44. The maximum atomic E-state index is 9.97. The minimum Gasteiger partial charge on any atom is -0.464 e. The fourth-order valence-corrected chi connectivity index (χ4v) is 3.54. The van der Waals surface area contributed by atoms with Crippen LogP contribution >= 0.6 is 0 Å². The molecule has 2 fully saturated rings. The van der Waals surface area contributed by atoms with Crippen LogP contribution in [0.25, 0.3) is 11.0 Å². The van der Waals surface area contributed by atoms with Crippen molar-refractivity contribution >= 4 is 16.8 Å². The summed E-state index contributed by atoms with van der Waals surface area (Å²) in [5, 5.41) is 11.0. The van der Waals surface area contributed by atoms with Gasteiger partial charge in [0.05, 0.1) is 17.8 Å². The number of anilines is 1. The quantitative estimate of drug-likeness (QED) is 0.834. The van der Waals surface area contributed by atoms with Crippen molar-refractivity contribution in [2.24, 2.45) is 11.8 Å². The molecule has 1 N–H and O–H groups in total. The summed E-state index contributed by atoms with van der Waals surface area (Å²) in [6.45, 7) is 1.93. The Morgan fingerprint density at radius 1 is 1.28 bits per heavy atom. The molecule has 2 aromatic heterocycles. The lowest BCUT2D eigenvalue weighted by molar-refractivity contribution is 0.133. The van der Waals surface area contributed by atoms with Gasteiger partial charge in [0.2, 0.25) is 0 Å². The van der Waals surface area contributed by atoms with E-state index in [1.54, 1.807) is 12.5 Å². The molecule has 18 heavy (non-hydrogen) atoms. The molecule has 3 atom stereocenters. The van der Waals surface area contributed by atoms with Crippen LogP contribution in [0.5, 0.6) is 0 Å². The SMILES string of the molecule is OC1CCC2CN(c3nccc4occc34)CC12. The first-order valence-corrected chi connectivity index (χ1v) is 6.58. The summed E-state index contributed by atoms with van der Waals surface area (Å²) in [6, 6.07) is 3.87. The molecule has 0 radical (unpaired) electrons. The molecule has 2 aromatic rings. The van der Waals surface area contributed by atoms with Gasteiger partial charge < -0.3 is 14.4 Å². The van der Waals surface area contributed by atoms with Crippen LogP contribution in [-0.2, 0) is 0 Å². The van der Waals surface area contributed by atoms with Crippen LogP contribution in [0.4, 0.5) is 5.82 Å². The number of pyridine rings is 1. The van der Waals surface area contributed by atoms with Gasteiger partial charge in [-0.1, -0.05) is 0 Å². The number of hydrogen-bond acceptors (Lipinski definition) is 4. The fraction of sp³-hybridized carbons (Fsp3) is 0.500. The van der Waals surface area contributed by atoms with Crippen LogP contribution in [0.2, 0.25) is 0 Å². The van der Waals surface area contributed by atoms with Gasteiger partial charge in [0.25, 0.3) is 0 Å². The van der Waals surface area contributed by atoms with Gasteiger partial charge in [0.1, 0.15) is 11.4 Å².